The average molecular weight is 368 g/mol. The van der Waals surface area contributed by atoms with Crippen molar-refractivity contribution in [3.8, 4) is 0 Å². The second-order valence-electron chi connectivity index (χ2n) is 7.09. The van der Waals surface area contributed by atoms with Crippen LogP contribution in [0.1, 0.15) is 28.9 Å². The van der Waals surface area contributed by atoms with E-state index < -0.39 is 0 Å². The molecule has 5 heteroatoms. The number of likely N-dealkylation sites (tertiary alicyclic amines) is 1. The van der Waals surface area contributed by atoms with Crippen molar-refractivity contribution in [1.82, 2.24) is 14.5 Å². The fourth-order valence-corrected chi connectivity index (χ4v) is 4.06. The molecule has 26 heavy (non-hydrogen) atoms. The van der Waals surface area contributed by atoms with Gasteiger partial charge in [-0.3, -0.25) is 9.78 Å². The minimum atomic E-state index is 0.113. The predicted octanol–water partition coefficient (Wildman–Crippen LogP) is 4.32. The van der Waals surface area contributed by atoms with Crippen molar-refractivity contribution in [1.29, 1.82) is 0 Å². The van der Waals surface area contributed by atoms with Crippen molar-refractivity contribution in [3.63, 3.8) is 0 Å². The molecule has 134 valence electrons. The fraction of sp³-hybridized carbons (Fsp3) is 0.333. The normalized spacial score (nSPS) is 15.5. The van der Waals surface area contributed by atoms with Crippen LogP contribution in [-0.4, -0.2) is 33.4 Å². The lowest BCUT2D eigenvalue weighted by Crippen LogP contribution is -2.39. The van der Waals surface area contributed by atoms with Crippen LogP contribution < -0.4 is 0 Å². The van der Waals surface area contributed by atoms with Gasteiger partial charge >= 0.3 is 0 Å². The number of hydrogen-bond acceptors (Lipinski definition) is 2. The van der Waals surface area contributed by atoms with E-state index in [0.29, 0.717) is 10.9 Å². The molecule has 0 radical (unpaired) electrons. The SMILES string of the molecule is Cn1c(C(=O)N2CCC(Cc3ccncc3)CC2)cc2cc(Cl)ccc21. The summed E-state index contributed by atoms with van der Waals surface area (Å²) in [7, 11) is 1.94. The molecule has 1 aliphatic rings. The largest absolute Gasteiger partial charge is 0.340 e. The van der Waals surface area contributed by atoms with Crippen molar-refractivity contribution < 1.29 is 4.79 Å². The number of fused-ring (bicyclic) bond motifs is 1. The van der Waals surface area contributed by atoms with Gasteiger partial charge in [-0.2, -0.15) is 0 Å². The Labute approximate surface area is 158 Å². The van der Waals surface area contributed by atoms with E-state index in [1.165, 1.54) is 5.56 Å². The molecule has 0 N–H and O–H groups in total. The van der Waals surface area contributed by atoms with Crippen LogP contribution in [0.4, 0.5) is 0 Å². The van der Waals surface area contributed by atoms with Crippen LogP contribution in [-0.2, 0) is 13.5 Å². The molecule has 1 aromatic carbocycles. The molecule has 3 aromatic rings. The van der Waals surface area contributed by atoms with Crippen LogP contribution in [0, 0.1) is 5.92 Å². The number of rotatable bonds is 3. The van der Waals surface area contributed by atoms with E-state index in [2.05, 4.69) is 17.1 Å². The molecule has 1 fully saturated rings. The molecule has 0 atom stereocenters. The first kappa shape index (κ1) is 17.1. The standard InChI is InChI=1S/C21H22ClN3O/c1-24-19-3-2-18(22)13-17(19)14-20(24)21(26)25-10-6-16(7-11-25)12-15-4-8-23-9-5-15/h2-5,8-9,13-14,16H,6-7,10-12H2,1H3. The van der Waals surface area contributed by atoms with Crippen molar-refractivity contribution in [2.75, 3.05) is 13.1 Å². The van der Waals surface area contributed by atoms with Crippen molar-refractivity contribution >= 4 is 28.4 Å². The van der Waals surface area contributed by atoms with Gasteiger partial charge in [0.1, 0.15) is 5.69 Å². The van der Waals surface area contributed by atoms with Gasteiger partial charge in [0.2, 0.25) is 0 Å². The van der Waals surface area contributed by atoms with Gasteiger partial charge in [-0.25, -0.2) is 0 Å². The first-order valence-electron chi connectivity index (χ1n) is 9.05. The predicted molar refractivity (Wildman–Crippen MR) is 104 cm³/mol. The number of pyridine rings is 1. The highest BCUT2D eigenvalue weighted by atomic mass is 35.5. The van der Waals surface area contributed by atoms with E-state index in [-0.39, 0.29) is 5.91 Å². The number of halogens is 1. The maximum absolute atomic E-state index is 13.0. The molecule has 1 amide bonds. The van der Waals surface area contributed by atoms with E-state index in [0.717, 1.165) is 48.9 Å². The van der Waals surface area contributed by atoms with E-state index in [9.17, 15) is 4.79 Å². The Morgan fingerprint density at radius 1 is 1.15 bits per heavy atom. The Kier molecular flexibility index (Phi) is 4.68. The van der Waals surface area contributed by atoms with Gasteiger partial charge in [0.05, 0.1) is 0 Å². The highest BCUT2D eigenvalue weighted by Gasteiger charge is 2.25. The van der Waals surface area contributed by atoms with Gasteiger partial charge in [0.25, 0.3) is 5.91 Å². The van der Waals surface area contributed by atoms with Crippen molar-refractivity contribution in [2.24, 2.45) is 13.0 Å². The highest BCUT2D eigenvalue weighted by Crippen LogP contribution is 2.26. The highest BCUT2D eigenvalue weighted by molar-refractivity contribution is 6.31. The van der Waals surface area contributed by atoms with Crippen LogP contribution in [0.3, 0.4) is 0 Å². The smallest absolute Gasteiger partial charge is 0.270 e. The molecule has 2 aromatic heterocycles. The number of nitrogens with zero attached hydrogens (tertiary/aromatic N) is 3. The van der Waals surface area contributed by atoms with Crippen LogP contribution in [0.5, 0.6) is 0 Å². The number of piperidine rings is 1. The molecule has 4 nitrogen and oxygen atoms in total. The minimum Gasteiger partial charge on any atom is -0.340 e. The molecule has 1 saturated heterocycles. The number of carbonyl (C=O) groups is 1. The molecule has 0 spiro atoms. The quantitative estimate of drug-likeness (QED) is 0.691. The van der Waals surface area contributed by atoms with Gasteiger partial charge in [0.15, 0.2) is 0 Å². The zero-order chi connectivity index (χ0) is 18.1. The molecule has 0 aliphatic carbocycles. The lowest BCUT2D eigenvalue weighted by molar-refractivity contribution is 0.0681. The molecule has 4 rings (SSSR count). The molecule has 0 unspecified atom stereocenters. The first-order chi connectivity index (χ1) is 12.6. The topological polar surface area (TPSA) is 38.1 Å². The summed E-state index contributed by atoms with van der Waals surface area (Å²) in [5.74, 6) is 0.745. The second-order valence-corrected chi connectivity index (χ2v) is 7.52. The molecule has 1 aliphatic heterocycles. The Morgan fingerprint density at radius 2 is 1.88 bits per heavy atom. The molecule has 0 saturated carbocycles. The summed E-state index contributed by atoms with van der Waals surface area (Å²) in [5.41, 5.74) is 3.09. The summed E-state index contributed by atoms with van der Waals surface area (Å²) in [6.45, 7) is 1.63. The van der Waals surface area contributed by atoms with Gasteiger partial charge in [-0.15, -0.1) is 0 Å². The summed E-state index contributed by atoms with van der Waals surface area (Å²) < 4.78 is 1.97. The third-order valence-electron chi connectivity index (χ3n) is 5.40. The lowest BCUT2D eigenvalue weighted by atomic mass is 9.90. The van der Waals surface area contributed by atoms with E-state index >= 15 is 0 Å². The number of aryl methyl sites for hydroxylation is 1. The zero-order valence-electron chi connectivity index (χ0n) is 14.9. The van der Waals surface area contributed by atoms with Gasteiger partial charge in [-0.05, 0) is 67.1 Å². The molecular formula is C21H22ClN3O. The fourth-order valence-electron chi connectivity index (χ4n) is 3.88. The minimum absolute atomic E-state index is 0.113. The summed E-state index contributed by atoms with van der Waals surface area (Å²) in [4.78, 5) is 19.1. The van der Waals surface area contributed by atoms with Crippen LogP contribution in [0.15, 0.2) is 48.8 Å². The van der Waals surface area contributed by atoms with Crippen molar-refractivity contribution in [3.05, 3.63) is 65.1 Å². The van der Waals surface area contributed by atoms with E-state index in [1.807, 2.05) is 53.2 Å². The summed E-state index contributed by atoms with van der Waals surface area (Å²) in [6, 6.07) is 11.9. The Hall–Kier alpha value is -2.33. The molecule has 3 heterocycles. The number of benzene rings is 1. The summed E-state index contributed by atoms with van der Waals surface area (Å²) in [5, 5.41) is 1.70. The second kappa shape index (κ2) is 7.12. The Morgan fingerprint density at radius 3 is 2.62 bits per heavy atom. The maximum Gasteiger partial charge on any atom is 0.270 e. The van der Waals surface area contributed by atoms with Gasteiger partial charge in [-0.1, -0.05) is 11.6 Å². The summed E-state index contributed by atoms with van der Waals surface area (Å²) >= 11 is 6.08. The van der Waals surface area contributed by atoms with Crippen LogP contribution in [0.2, 0.25) is 5.02 Å². The van der Waals surface area contributed by atoms with E-state index in [1.54, 1.807) is 0 Å². The monoisotopic (exact) mass is 367 g/mol. The zero-order valence-corrected chi connectivity index (χ0v) is 15.6. The maximum atomic E-state index is 13.0. The molecule has 0 bridgehead atoms. The Balaban J connectivity index is 1.44. The Bertz CT molecular complexity index is 927. The van der Waals surface area contributed by atoms with Crippen molar-refractivity contribution in [2.45, 2.75) is 19.3 Å². The van der Waals surface area contributed by atoms with Gasteiger partial charge < -0.3 is 9.47 Å². The molecular weight excluding hydrogens is 346 g/mol. The van der Waals surface area contributed by atoms with Crippen LogP contribution in [0.25, 0.3) is 10.9 Å². The third kappa shape index (κ3) is 3.34. The average Bonchev–Trinajstić information content (AvgIpc) is 2.98. The number of carbonyl (C=O) groups excluding carboxylic acids is 1. The number of aromatic nitrogens is 2. The summed E-state index contributed by atoms with van der Waals surface area (Å²) in [6.07, 6.45) is 6.85. The van der Waals surface area contributed by atoms with Crippen LogP contribution >= 0.6 is 11.6 Å². The lowest BCUT2D eigenvalue weighted by Gasteiger charge is -2.32. The number of hydrogen-bond donors (Lipinski definition) is 0. The number of amides is 1. The van der Waals surface area contributed by atoms with E-state index in [4.69, 9.17) is 11.6 Å². The van der Waals surface area contributed by atoms with Gasteiger partial charge in [0, 0.05) is 48.5 Å². The first-order valence-corrected chi connectivity index (χ1v) is 9.43. The third-order valence-corrected chi connectivity index (χ3v) is 5.63.